The van der Waals surface area contributed by atoms with Gasteiger partial charge in [-0.25, -0.2) is 0 Å². The number of para-hydroxylation sites is 1. The molecule has 0 bridgehead atoms. The Morgan fingerprint density at radius 1 is 0.615 bits per heavy atom. The molecule has 1 amide bonds. The van der Waals surface area contributed by atoms with Crippen molar-refractivity contribution in [2.24, 2.45) is 0 Å². The van der Waals surface area contributed by atoms with E-state index in [1.54, 1.807) is 4.90 Å². The maximum absolute atomic E-state index is 14.7. The van der Waals surface area contributed by atoms with Crippen molar-refractivity contribution < 1.29 is 9.32 Å². The van der Waals surface area contributed by atoms with Crippen LogP contribution in [0.1, 0.15) is 22.3 Å². The summed E-state index contributed by atoms with van der Waals surface area (Å²) in [4.78, 5) is 16.5. The first-order valence-electron chi connectivity index (χ1n) is 13.3. The number of benzene rings is 5. The minimum absolute atomic E-state index is 0.0532. The number of nitrogens with zero attached hydrogens (tertiary/aromatic N) is 1. The summed E-state index contributed by atoms with van der Waals surface area (Å²) in [6.07, 6.45) is 0. The summed E-state index contributed by atoms with van der Waals surface area (Å²) in [5, 5.41) is 4.36. The number of aryl methyl sites for hydroxylation is 2. The first kappa shape index (κ1) is 24.0. The zero-order valence-corrected chi connectivity index (χ0v) is 23.2. The number of hydrogen-bond donors (Lipinski definition) is 0. The molecule has 2 heterocycles. The Bertz CT molecular complexity index is 1650. The van der Waals surface area contributed by atoms with Crippen LogP contribution < -0.4 is 26.1 Å². The zero-order chi connectivity index (χ0) is 26.9. The van der Waals surface area contributed by atoms with E-state index in [0.29, 0.717) is 0 Å². The van der Waals surface area contributed by atoms with Crippen LogP contribution in [0.15, 0.2) is 127 Å². The van der Waals surface area contributed by atoms with Crippen LogP contribution in [-0.2, 0) is 14.9 Å². The molecule has 0 radical (unpaired) electrons. The van der Waals surface area contributed by atoms with Crippen LogP contribution in [0.3, 0.4) is 0 Å². The Morgan fingerprint density at radius 3 is 1.62 bits per heavy atom. The summed E-state index contributed by atoms with van der Waals surface area (Å²) in [5.41, 5.74) is 3.78. The number of likely N-dealkylation sites (N-methyl/N-ethyl adjacent to an activating group) is 1. The van der Waals surface area contributed by atoms with Crippen molar-refractivity contribution in [3.63, 3.8) is 0 Å². The predicted molar refractivity (Wildman–Crippen MR) is 162 cm³/mol. The van der Waals surface area contributed by atoms with Gasteiger partial charge in [0.25, 0.3) is 0 Å². The Balaban J connectivity index is 1.78. The molecule has 3 nitrogen and oxygen atoms in total. The number of rotatable bonds is 3. The average Bonchev–Trinajstić information content (AvgIpc) is 3.38. The minimum atomic E-state index is -3.95. The molecule has 0 aliphatic carbocycles. The topological polar surface area (TPSA) is 29.5 Å². The summed E-state index contributed by atoms with van der Waals surface area (Å²) in [6.45, 7) is 0.329. The van der Waals surface area contributed by atoms with Crippen LogP contribution in [0.2, 0.25) is 0 Å². The standard InChI is InChI=1S/C35H30NO2P/c1-25-23-31-33(24-26(25)2)39(27-15-7-4-8-16-27,28-17-9-5-10-18-28,29-19-11-6-12-20-29)38-35(31)30-21-13-14-22-32(30)36(3)34(35)37/h4-24H,1-3H3/t35-/m1/s1. The molecule has 5 aromatic rings. The van der Waals surface area contributed by atoms with Crippen LogP contribution >= 0.6 is 6.83 Å². The molecule has 0 fully saturated rings. The van der Waals surface area contributed by atoms with E-state index in [1.807, 2.05) is 43.4 Å². The van der Waals surface area contributed by atoms with Gasteiger partial charge in [-0.2, -0.15) is 0 Å². The molecule has 1 spiro atoms. The van der Waals surface area contributed by atoms with Crippen molar-refractivity contribution in [3.8, 4) is 0 Å². The summed E-state index contributed by atoms with van der Waals surface area (Å²) < 4.78 is 7.97. The molecule has 39 heavy (non-hydrogen) atoms. The second kappa shape index (κ2) is 8.23. The van der Waals surface area contributed by atoms with Gasteiger partial charge in [0.1, 0.15) is 0 Å². The third kappa shape index (κ3) is 2.77. The summed E-state index contributed by atoms with van der Waals surface area (Å²) in [6, 6.07) is 44.4. The Labute approximate surface area is 229 Å². The normalized spacial score (nSPS) is 21.3. The van der Waals surface area contributed by atoms with Gasteiger partial charge in [-0.05, 0) is 0 Å². The van der Waals surface area contributed by atoms with Gasteiger partial charge >= 0.3 is 230 Å². The van der Waals surface area contributed by atoms with E-state index < -0.39 is 12.4 Å². The van der Waals surface area contributed by atoms with Crippen molar-refractivity contribution in [1.82, 2.24) is 0 Å². The van der Waals surface area contributed by atoms with Crippen LogP contribution in [0, 0.1) is 13.8 Å². The Kier molecular flexibility index (Phi) is 5.07. The van der Waals surface area contributed by atoms with E-state index in [-0.39, 0.29) is 5.91 Å². The zero-order valence-electron chi connectivity index (χ0n) is 22.3. The van der Waals surface area contributed by atoms with Gasteiger partial charge in [-0.3, -0.25) is 0 Å². The first-order valence-corrected chi connectivity index (χ1v) is 15.5. The molecule has 5 aromatic carbocycles. The van der Waals surface area contributed by atoms with Gasteiger partial charge < -0.3 is 0 Å². The van der Waals surface area contributed by atoms with E-state index in [4.69, 9.17) is 4.52 Å². The molecular weight excluding hydrogens is 497 g/mol. The fourth-order valence-corrected chi connectivity index (χ4v) is 13.2. The summed E-state index contributed by atoms with van der Waals surface area (Å²) >= 11 is 0. The predicted octanol–water partition coefficient (Wildman–Crippen LogP) is 5.62. The molecule has 0 unspecified atom stereocenters. The number of carbonyl (C=O) groups excluding carboxylic acids is 1. The SMILES string of the molecule is Cc1cc2c(cc1C)P(c1ccccc1)(c1ccccc1)(c1ccccc1)O[C@@]21C(=O)N(C)c2ccccc21. The van der Waals surface area contributed by atoms with Gasteiger partial charge in [0, 0.05) is 0 Å². The molecular formula is C35H30NO2P. The van der Waals surface area contributed by atoms with Gasteiger partial charge in [0.05, 0.1) is 0 Å². The van der Waals surface area contributed by atoms with Gasteiger partial charge in [-0.15, -0.1) is 0 Å². The number of anilines is 1. The summed E-state index contributed by atoms with van der Waals surface area (Å²) in [7, 11) is 1.86. The molecule has 7 rings (SSSR count). The number of hydrogen-bond acceptors (Lipinski definition) is 2. The van der Waals surface area contributed by atoms with E-state index >= 15 is 0 Å². The second-order valence-electron chi connectivity index (χ2n) is 10.7. The van der Waals surface area contributed by atoms with Crippen molar-refractivity contribution in [3.05, 3.63) is 150 Å². The third-order valence-corrected chi connectivity index (χ3v) is 14.5. The van der Waals surface area contributed by atoms with E-state index in [9.17, 15) is 4.79 Å². The van der Waals surface area contributed by atoms with Crippen LogP contribution in [0.25, 0.3) is 0 Å². The Hall–Kier alpha value is -4.04. The van der Waals surface area contributed by atoms with Crippen molar-refractivity contribution in [2.75, 3.05) is 11.9 Å². The number of amides is 1. The molecule has 4 heteroatoms. The van der Waals surface area contributed by atoms with E-state index in [2.05, 4.69) is 105 Å². The van der Waals surface area contributed by atoms with Crippen molar-refractivity contribution >= 4 is 39.6 Å². The first-order chi connectivity index (χ1) is 18.9. The molecule has 0 aromatic heterocycles. The molecule has 0 saturated heterocycles. The van der Waals surface area contributed by atoms with E-state index in [0.717, 1.165) is 43.6 Å². The number of carbonyl (C=O) groups is 1. The van der Waals surface area contributed by atoms with Crippen LogP contribution in [0.4, 0.5) is 5.69 Å². The van der Waals surface area contributed by atoms with E-state index in [1.165, 1.54) is 5.56 Å². The molecule has 0 N–H and O–H groups in total. The quantitative estimate of drug-likeness (QED) is 0.285. The third-order valence-electron chi connectivity index (χ3n) is 8.77. The Morgan fingerprint density at radius 2 is 1.08 bits per heavy atom. The second-order valence-corrected chi connectivity index (χ2v) is 14.9. The summed E-state index contributed by atoms with van der Waals surface area (Å²) in [5.74, 6) is -0.0532. The van der Waals surface area contributed by atoms with Crippen LogP contribution in [-0.4, -0.2) is 13.0 Å². The monoisotopic (exact) mass is 527 g/mol. The molecule has 0 saturated carbocycles. The van der Waals surface area contributed by atoms with Gasteiger partial charge in [0.2, 0.25) is 0 Å². The van der Waals surface area contributed by atoms with Crippen LogP contribution in [0.5, 0.6) is 0 Å². The van der Waals surface area contributed by atoms with Gasteiger partial charge in [0.15, 0.2) is 0 Å². The average molecular weight is 528 g/mol. The molecule has 2 aliphatic rings. The maximum atomic E-state index is 14.7. The van der Waals surface area contributed by atoms with Crippen molar-refractivity contribution in [1.29, 1.82) is 0 Å². The molecule has 1 atom stereocenters. The molecule has 2 aliphatic heterocycles. The van der Waals surface area contributed by atoms with Crippen molar-refractivity contribution in [2.45, 2.75) is 19.4 Å². The fraction of sp³-hybridized carbons (Fsp3) is 0.114. The fourth-order valence-electron chi connectivity index (χ4n) is 6.84. The number of fused-ring (bicyclic) bond motifs is 4. The van der Waals surface area contributed by atoms with Gasteiger partial charge in [-0.1, -0.05) is 0 Å². The molecule has 192 valence electrons.